The Bertz CT molecular complexity index is 760. The Morgan fingerprint density at radius 1 is 1.00 bits per heavy atom. The number of aryl methyl sites for hydroxylation is 1. The monoisotopic (exact) mass is 232 g/mol. The van der Waals surface area contributed by atoms with Crippen molar-refractivity contribution in [1.29, 1.82) is 0 Å². The van der Waals surface area contributed by atoms with Crippen LogP contribution in [-0.4, -0.2) is 4.57 Å². The molecule has 1 aromatic heterocycles. The largest absolute Gasteiger partial charge is 0.326 e. The number of fused-ring (bicyclic) bond motifs is 1. The van der Waals surface area contributed by atoms with Gasteiger partial charge in [-0.15, -0.1) is 0 Å². The summed E-state index contributed by atoms with van der Waals surface area (Å²) in [6.45, 7) is 9.35. The lowest BCUT2D eigenvalue weighted by molar-refractivity contribution is 1.13. The third-order valence-electron chi connectivity index (χ3n) is 3.21. The molecule has 86 valence electrons. The fraction of sp³-hybridized carbons (Fsp3) is 0.0625. The minimum atomic E-state index is 0.677. The van der Waals surface area contributed by atoms with E-state index in [4.69, 9.17) is 6.57 Å². The molecule has 0 fully saturated rings. The Hall–Kier alpha value is -2.53. The van der Waals surface area contributed by atoms with Crippen LogP contribution in [0.1, 0.15) is 5.56 Å². The van der Waals surface area contributed by atoms with Crippen molar-refractivity contribution in [3.63, 3.8) is 0 Å². The third kappa shape index (κ3) is 1.49. The standard InChI is InChI=1S/C16H12N2/c1-12-6-5-9-15-13(12)10-11-18(15)16-8-4-3-7-14(16)17-2/h3-11H,1H3. The van der Waals surface area contributed by atoms with Crippen LogP contribution in [0.3, 0.4) is 0 Å². The molecule has 0 unspecified atom stereocenters. The van der Waals surface area contributed by atoms with Crippen LogP contribution in [0.15, 0.2) is 54.7 Å². The number of aromatic nitrogens is 1. The van der Waals surface area contributed by atoms with Crippen LogP contribution >= 0.6 is 0 Å². The normalized spacial score (nSPS) is 10.4. The van der Waals surface area contributed by atoms with E-state index in [1.165, 1.54) is 10.9 Å². The van der Waals surface area contributed by atoms with Gasteiger partial charge in [0, 0.05) is 11.6 Å². The molecule has 0 bridgehead atoms. The summed E-state index contributed by atoms with van der Waals surface area (Å²) in [5, 5.41) is 1.23. The molecule has 0 radical (unpaired) electrons. The van der Waals surface area contributed by atoms with Crippen LogP contribution in [0.25, 0.3) is 21.4 Å². The summed E-state index contributed by atoms with van der Waals surface area (Å²) in [5.74, 6) is 0. The van der Waals surface area contributed by atoms with Crippen LogP contribution in [-0.2, 0) is 0 Å². The number of hydrogen-bond acceptors (Lipinski definition) is 0. The zero-order chi connectivity index (χ0) is 12.5. The lowest BCUT2D eigenvalue weighted by atomic mass is 10.1. The molecule has 2 aromatic carbocycles. The van der Waals surface area contributed by atoms with Crippen LogP contribution in [0, 0.1) is 13.5 Å². The van der Waals surface area contributed by atoms with Gasteiger partial charge in [-0.1, -0.05) is 30.3 Å². The van der Waals surface area contributed by atoms with Gasteiger partial charge in [-0.2, -0.15) is 0 Å². The number of nitrogens with zero attached hydrogens (tertiary/aromatic N) is 2. The lowest BCUT2D eigenvalue weighted by Gasteiger charge is -2.08. The summed E-state index contributed by atoms with van der Waals surface area (Å²) in [4.78, 5) is 3.58. The number of para-hydroxylation sites is 2. The first kappa shape index (κ1) is 10.6. The molecule has 0 aliphatic heterocycles. The summed E-state index contributed by atoms with van der Waals surface area (Å²) in [6, 6.07) is 16.0. The summed E-state index contributed by atoms with van der Waals surface area (Å²) >= 11 is 0. The highest BCUT2D eigenvalue weighted by Gasteiger charge is 2.07. The average Bonchev–Trinajstić information content (AvgIpc) is 2.84. The number of hydrogen-bond donors (Lipinski definition) is 0. The molecular weight excluding hydrogens is 220 g/mol. The first-order valence-corrected chi connectivity index (χ1v) is 5.85. The van der Waals surface area contributed by atoms with Crippen molar-refractivity contribution in [1.82, 2.24) is 4.57 Å². The average molecular weight is 232 g/mol. The molecule has 0 amide bonds. The van der Waals surface area contributed by atoms with Crippen LogP contribution in [0.2, 0.25) is 0 Å². The molecule has 18 heavy (non-hydrogen) atoms. The molecule has 0 saturated carbocycles. The predicted octanol–water partition coefficient (Wildman–Crippen LogP) is 4.49. The minimum Gasteiger partial charge on any atom is -0.326 e. The molecule has 3 rings (SSSR count). The highest BCUT2D eigenvalue weighted by Crippen LogP contribution is 2.28. The van der Waals surface area contributed by atoms with E-state index in [9.17, 15) is 0 Å². The van der Waals surface area contributed by atoms with Crippen molar-refractivity contribution in [2.75, 3.05) is 0 Å². The highest BCUT2D eigenvalue weighted by molar-refractivity contribution is 5.86. The van der Waals surface area contributed by atoms with Gasteiger partial charge in [-0.3, -0.25) is 0 Å². The predicted molar refractivity (Wildman–Crippen MR) is 74.3 cm³/mol. The maximum atomic E-state index is 7.25. The van der Waals surface area contributed by atoms with Crippen molar-refractivity contribution in [2.24, 2.45) is 0 Å². The topological polar surface area (TPSA) is 9.29 Å². The van der Waals surface area contributed by atoms with E-state index in [-0.39, 0.29) is 0 Å². The molecule has 3 aromatic rings. The van der Waals surface area contributed by atoms with Gasteiger partial charge in [0.2, 0.25) is 5.69 Å². The molecule has 0 spiro atoms. The minimum absolute atomic E-state index is 0.677. The van der Waals surface area contributed by atoms with E-state index >= 15 is 0 Å². The van der Waals surface area contributed by atoms with Gasteiger partial charge in [0.15, 0.2) is 0 Å². The summed E-state index contributed by atoms with van der Waals surface area (Å²) < 4.78 is 2.08. The van der Waals surface area contributed by atoms with E-state index in [0.717, 1.165) is 11.2 Å². The summed E-state index contributed by atoms with van der Waals surface area (Å²) in [5.41, 5.74) is 4.02. The molecule has 2 nitrogen and oxygen atoms in total. The van der Waals surface area contributed by atoms with Crippen LogP contribution in [0.4, 0.5) is 5.69 Å². The summed E-state index contributed by atoms with van der Waals surface area (Å²) in [7, 11) is 0. The highest BCUT2D eigenvalue weighted by atomic mass is 15.0. The molecule has 0 N–H and O–H groups in total. The Kier molecular flexibility index (Phi) is 2.39. The molecule has 0 aliphatic carbocycles. The van der Waals surface area contributed by atoms with E-state index in [2.05, 4.69) is 40.6 Å². The lowest BCUT2D eigenvalue weighted by Crippen LogP contribution is -1.91. The Morgan fingerprint density at radius 3 is 2.67 bits per heavy atom. The smallest absolute Gasteiger partial charge is 0.210 e. The third-order valence-corrected chi connectivity index (χ3v) is 3.21. The molecule has 2 heteroatoms. The number of rotatable bonds is 1. The zero-order valence-corrected chi connectivity index (χ0v) is 10.1. The Morgan fingerprint density at radius 2 is 1.83 bits per heavy atom. The fourth-order valence-electron chi connectivity index (χ4n) is 2.29. The van der Waals surface area contributed by atoms with Crippen LogP contribution < -0.4 is 0 Å². The molecule has 0 aliphatic rings. The molecular formula is C16H12N2. The fourth-order valence-corrected chi connectivity index (χ4v) is 2.29. The van der Waals surface area contributed by atoms with Crippen molar-refractivity contribution in [3.05, 3.63) is 71.7 Å². The van der Waals surface area contributed by atoms with E-state index in [1.807, 2.05) is 30.5 Å². The Labute approximate surface area is 106 Å². The second kappa shape index (κ2) is 4.05. The van der Waals surface area contributed by atoms with E-state index < -0.39 is 0 Å². The van der Waals surface area contributed by atoms with Gasteiger partial charge in [0.1, 0.15) is 0 Å². The second-order valence-corrected chi connectivity index (χ2v) is 4.29. The maximum absolute atomic E-state index is 7.25. The van der Waals surface area contributed by atoms with Crippen LogP contribution in [0.5, 0.6) is 0 Å². The van der Waals surface area contributed by atoms with E-state index in [1.54, 1.807) is 0 Å². The summed E-state index contributed by atoms with van der Waals surface area (Å²) in [6.07, 6.45) is 2.03. The molecule has 1 heterocycles. The van der Waals surface area contributed by atoms with Gasteiger partial charge in [-0.05, 0) is 30.7 Å². The Balaban J connectivity index is 2.34. The molecule has 0 saturated heterocycles. The van der Waals surface area contributed by atoms with E-state index in [0.29, 0.717) is 5.69 Å². The SMILES string of the molecule is [C-]#[N+]c1ccccc1-n1ccc2c(C)cccc21. The van der Waals surface area contributed by atoms with Gasteiger partial charge in [0.05, 0.1) is 17.8 Å². The van der Waals surface area contributed by atoms with Crippen molar-refractivity contribution < 1.29 is 0 Å². The quantitative estimate of drug-likeness (QED) is 0.547. The van der Waals surface area contributed by atoms with Gasteiger partial charge in [-0.25, -0.2) is 4.85 Å². The second-order valence-electron chi connectivity index (χ2n) is 4.29. The zero-order valence-electron chi connectivity index (χ0n) is 10.1. The van der Waals surface area contributed by atoms with Crippen molar-refractivity contribution in [2.45, 2.75) is 6.92 Å². The number of benzene rings is 2. The van der Waals surface area contributed by atoms with Crippen molar-refractivity contribution >= 4 is 16.6 Å². The first-order valence-electron chi connectivity index (χ1n) is 5.85. The maximum Gasteiger partial charge on any atom is 0.210 e. The first-order chi connectivity index (χ1) is 8.81. The van der Waals surface area contributed by atoms with Gasteiger partial charge < -0.3 is 4.57 Å². The van der Waals surface area contributed by atoms with Crippen molar-refractivity contribution in [3.8, 4) is 5.69 Å². The van der Waals surface area contributed by atoms with Gasteiger partial charge >= 0.3 is 0 Å². The molecule has 0 atom stereocenters. The van der Waals surface area contributed by atoms with Gasteiger partial charge in [0.25, 0.3) is 0 Å².